The predicted molar refractivity (Wildman–Crippen MR) is 116 cm³/mol. The number of likely N-dealkylation sites (tertiary alicyclic amines) is 1. The van der Waals surface area contributed by atoms with E-state index in [-0.39, 0.29) is 11.8 Å². The molecule has 0 spiro atoms. The van der Waals surface area contributed by atoms with Gasteiger partial charge in [-0.3, -0.25) is 4.79 Å². The Labute approximate surface area is 175 Å². The van der Waals surface area contributed by atoms with E-state index in [0.717, 1.165) is 57.6 Å². The van der Waals surface area contributed by atoms with Gasteiger partial charge in [0.15, 0.2) is 0 Å². The fourth-order valence-electron chi connectivity index (χ4n) is 4.09. The van der Waals surface area contributed by atoms with Crippen LogP contribution in [0.1, 0.15) is 56.2 Å². The predicted octanol–water partition coefficient (Wildman–Crippen LogP) is 4.85. The summed E-state index contributed by atoms with van der Waals surface area (Å²) in [5.74, 6) is 1.08. The molecule has 1 atom stereocenters. The first-order valence-electron chi connectivity index (χ1n) is 10.1. The smallest absolute Gasteiger partial charge is 0.265 e. The van der Waals surface area contributed by atoms with Crippen LogP contribution in [0.2, 0.25) is 0 Å². The minimum Gasteiger partial charge on any atom is -0.337 e. The van der Waals surface area contributed by atoms with Gasteiger partial charge in [0.1, 0.15) is 10.7 Å². The molecule has 0 N–H and O–H groups in total. The molecule has 29 heavy (non-hydrogen) atoms. The van der Waals surface area contributed by atoms with Gasteiger partial charge in [0.05, 0.1) is 16.4 Å². The Bertz CT molecular complexity index is 1060. The Morgan fingerprint density at radius 1 is 1.17 bits per heavy atom. The third-order valence-corrected chi connectivity index (χ3v) is 6.52. The third-order valence-electron chi connectivity index (χ3n) is 5.46. The van der Waals surface area contributed by atoms with Gasteiger partial charge in [-0.05, 0) is 46.1 Å². The van der Waals surface area contributed by atoms with Crippen molar-refractivity contribution in [2.24, 2.45) is 0 Å². The fraction of sp³-hybridized carbons (Fsp3) is 0.391. The molecule has 5 nitrogen and oxygen atoms in total. The lowest BCUT2D eigenvalue weighted by atomic mass is 9.89. The lowest BCUT2D eigenvalue weighted by Crippen LogP contribution is -2.39. The monoisotopic (exact) mass is 406 g/mol. The molecule has 0 saturated carbocycles. The Hall–Kier alpha value is -2.60. The first kappa shape index (κ1) is 19.7. The van der Waals surface area contributed by atoms with E-state index in [9.17, 15) is 4.79 Å². The van der Waals surface area contributed by atoms with E-state index in [1.54, 1.807) is 0 Å². The Kier molecular flexibility index (Phi) is 5.46. The van der Waals surface area contributed by atoms with Crippen LogP contribution in [0.3, 0.4) is 0 Å². The van der Waals surface area contributed by atoms with Crippen molar-refractivity contribution in [2.45, 2.75) is 46.5 Å². The molecular formula is C23H26N4OS. The van der Waals surface area contributed by atoms with Crippen molar-refractivity contribution in [3.05, 3.63) is 63.1 Å². The largest absolute Gasteiger partial charge is 0.337 e. The quantitative estimate of drug-likeness (QED) is 0.624. The normalized spacial score (nSPS) is 16.8. The first-order chi connectivity index (χ1) is 13.9. The minimum absolute atomic E-state index is 0.0979. The van der Waals surface area contributed by atoms with Gasteiger partial charge in [-0.2, -0.15) is 0 Å². The molecule has 2 aromatic heterocycles. The van der Waals surface area contributed by atoms with Crippen LogP contribution >= 0.6 is 11.3 Å². The van der Waals surface area contributed by atoms with Gasteiger partial charge in [-0.1, -0.05) is 29.8 Å². The van der Waals surface area contributed by atoms with Crippen molar-refractivity contribution in [1.82, 2.24) is 19.9 Å². The molecule has 3 heterocycles. The topological polar surface area (TPSA) is 59.0 Å². The Morgan fingerprint density at radius 2 is 2.00 bits per heavy atom. The average Bonchev–Trinajstić information content (AvgIpc) is 3.05. The number of amides is 1. The van der Waals surface area contributed by atoms with Crippen LogP contribution in [0.15, 0.2) is 30.5 Å². The van der Waals surface area contributed by atoms with Gasteiger partial charge in [0.25, 0.3) is 5.91 Å². The van der Waals surface area contributed by atoms with E-state index in [1.165, 1.54) is 16.9 Å². The molecule has 0 radical (unpaired) electrons. The van der Waals surface area contributed by atoms with Crippen molar-refractivity contribution in [3.63, 3.8) is 0 Å². The molecule has 1 aromatic carbocycles. The maximum absolute atomic E-state index is 13.1. The highest BCUT2D eigenvalue weighted by molar-refractivity contribution is 7.13. The molecule has 1 fully saturated rings. The fourth-order valence-corrected chi connectivity index (χ4v) is 4.98. The van der Waals surface area contributed by atoms with Crippen molar-refractivity contribution in [3.8, 4) is 11.1 Å². The van der Waals surface area contributed by atoms with Crippen LogP contribution in [0.4, 0.5) is 0 Å². The highest BCUT2D eigenvalue weighted by atomic mass is 32.1. The number of nitrogens with zero attached hydrogens (tertiary/aromatic N) is 4. The number of piperidine rings is 1. The summed E-state index contributed by atoms with van der Waals surface area (Å²) < 4.78 is 0. The van der Waals surface area contributed by atoms with E-state index >= 15 is 0 Å². The summed E-state index contributed by atoms with van der Waals surface area (Å²) >= 11 is 1.49. The van der Waals surface area contributed by atoms with Crippen molar-refractivity contribution < 1.29 is 4.79 Å². The van der Waals surface area contributed by atoms with Gasteiger partial charge in [0.2, 0.25) is 0 Å². The molecule has 1 aliphatic rings. The number of thiazole rings is 1. The van der Waals surface area contributed by atoms with E-state index in [0.29, 0.717) is 6.54 Å². The Morgan fingerprint density at radius 3 is 2.72 bits per heavy atom. The van der Waals surface area contributed by atoms with Crippen LogP contribution in [-0.4, -0.2) is 38.8 Å². The number of benzene rings is 1. The maximum atomic E-state index is 13.1. The van der Waals surface area contributed by atoms with Gasteiger partial charge < -0.3 is 4.90 Å². The molecule has 1 saturated heterocycles. The van der Waals surface area contributed by atoms with E-state index in [4.69, 9.17) is 4.98 Å². The average molecular weight is 407 g/mol. The molecule has 1 unspecified atom stereocenters. The second kappa shape index (κ2) is 8.03. The van der Waals surface area contributed by atoms with Gasteiger partial charge >= 0.3 is 0 Å². The third kappa shape index (κ3) is 4.08. The van der Waals surface area contributed by atoms with E-state index < -0.39 is 0 Å². The van der Waals surface area contributed by atoms with Crippen molar-refractivity contribution >= 4 is 17.2 Å². The summed E-state index contributed by atoms with van der Waals surface area (Å²) in [5.41, 5.74) is 5.31. The standard InChI is InChI=1S/C23H26N4OS/c1-14-7-5-8-18(11-14)20-12-24-16(3)26-21(20)19-9-6-10-27(13-19)23(28)22-15(2)25-17(4)29-22/h5,7-8,11-12,19H,6,9-10,13H2,1-4H3. The lowest BCUT2D eigenvalue weighted by Gasteiger charge is -2.33. The Balaban J connectivity index is 1.66. The molecule has 0 bridgehead atoms. The molecule has 6 heteroatoms. The molecule has 0 aliphatic carbocycles. The summed E-state index contributed by atoms with van der Waals surface area (Å²) in [6.45, 7) is 9.37. The summed E-state index contributed by atoms with van der Waals surface area (Å²) in [5, 5.41) is 0.938. The molecule has 4 rings (SSSR count). The number of aromatic nitrogens is 3. The van der Waals surface area contributed by atoms with Gasteiger partial charge in [-0.15, -0.1) is 11.3 Å². The van der Waals surface area contributed by atoms with Crippen LogP contribution in [0.5, 0.6) is 0 Å². The lowest BCUT2D eigenvalue weighted by molar-refractivity contribution is 0.0710. The molecule has 150 valence electrons. The summed E-state index contributed by atoms with van der Waals surface area (Å²) in [7, 11) is 0. The highest BCUT2D eigenvalue weighted by Crippen LogP contribution is 2.34. The summed E-state index contributed by atoms with van der Waals surface area (Å²) in [6, 6.07) is 8.45. The zero-order chi connectivity index (χ0) is 20.5. The van der Waals surface area contributed by atoms with Crippen molar-refractivity contribution in [2.75, 3.05) is 13.1 Å². The first-order valence-corrected chi connectivity index (χ1v) is 10.9. The zero-order valence-corrected chi connectivity index (χ0v) is 18.2. The number of hydrogen-bond donors (Lipinski definition) is 0. The van der Waals surface area contributed by atoms with Gasteiger partial charge in [-0.25, -0.2) is 15.0 Å². The summed E-state index contributed by atoms with van der Waals surface area (Å²) in [4.78, 5) is 29.6. The SMILES string of the molecule is Cc1cccc(-c2cnc(C)nc2C2CCCN(C(=O)c3sc(C)nc3C)C2)c1. The van der Waals surface area contributed by atoms with Crippen molar-refractivity contribution in [1.29, 1.82) is 0 Å². The number of carbonyl (C=O) groups excluding carboxylic acids is 1. The number of hydrogen-bond acceptors (Lipinski definition) is 5. The highest BCUT2D eigenvalue weighted by Gasteiger charge is 2.30. The number of rotatable bonds is 3. The molecule has 3 aromatic rings. The minimum atomic E-state index is 0.0979. The maximum Gasteiger partial charge on any atom is 0.265 e. The molecule has 1 aliphatic heterocycles. The van der Waals surface area contributed by atoms with E-state index in [1.807, 2.05) is 31.9 Å². The molecule has 1 amide bonds. The number of aryl methyl sites for hydroxylation is 4. The van der Waals surface area contributed by atoms with Crippen LogP contribution in [0, 0.1) is 27.7 Å². The second-order valence-corrected chi connectivity index (χ2v) is 9.03. The second-order valence-electron chi connectivity index (χ2n) is 7.82. The van der Waals surface area contributed by atoms with Crippen LogP contribution in [0.25, 0.3) is 11.1 Å². The molecular weight excluding hydrogens is 380 g/mol. The zero-order valence-electron chi connectivity index (χ0n) is 17.4. The number of carbonyl (C=O) groups is 1. The summed E-state index contributed by atoms with van der Waals surface area (Å²) in [6.07, 6.45) is 3.94. The van der Waals surface area contributed by atoms with Crippen LogP contribution < -0.4 is 0 Å². The van der Waals surface area contributed by atoms with Gasteiger partial charge in [0, 0.05) is 30.8 Å². The van der Waals surface area contributed by atoms with Crippen LogP contribution in [-0.2, 0) is 0 Å². The van der Waals surface area contributed by atoms with E-state index in [2.05, 4.69) is 41.2 Å².